The van der Waals surface area contributed by atoms with E-state index < -0.39 is 15.7 Å². The highest BCUT2D eigenvalue weighted by molar-refractivity contribution is 7.90. The Kier molecular flexibility index (Phi) is 3.39. The maximum absolute atomic E-state index is 13.7. The monoisotopic (exact) mass is 296 g/mol. The average molecular weight is 296 g/mol. The molecule has 2 aliphatic carbocycles. The molecule has 110 valence electrons. The van der Waals surface area contributed by atoms with Crippen LogP contribution in [0, 0.1) is 24.1 Å². The molecule has 0 unspecified atom stereocenters. The van der Waals surface area contributed by atoms with Crippen LogP contribution < -0.4 is 0 Å². The molecule has 0 bridgehead atoms. The van der Waals surface area contributed by atoms with Crippen molar-refractivity contribution in [3.05, 3.63) is 35.1 Å². The van der Waals surface area contributed by atoms with Gasteiger partial charge in [0.2, 0.25) is 0 Å². The third-order valence-electron chi connectivity index (χ3n) is 4.93. The van der Waals surface area contributed by atoms with Gasteiger partial charge in [0.1, 0.15) is 5.82 Å². The minimum absolute atomic E-state index is 0.164. The Bertz CT molecular complexity index is 609. The van der Waals surface area contributed by atoms with Crippen LogP contribution in [0.5, 0.6) is 0 Å². The molecule has 2 nitrogen and oxygen atoms in total. The summed E-state index contributed by atoms with van der Waals surface area (Å²) in [7, 11) is -3.20. The zero-order valence-corrected chi connectivity index (χ0v) is 12.7. The lowest BCUT2D eigenvalue weighted by Gasteiger charge is -2.54. The van der Waals surface area contributed by atoms with Gasteiger partial charge in [-0.25, -0.2) is 12.8 Å². The zero-order valence-electron chi connectivity index (χ0n) is 11.9. The highest BCUT2D eigenvalue weighted by Gasteiger charge is 2.48. The van der Waals surface area contributed by atoms with Gasteiger partial charge in [0.15, 0.2) is 9.84 Å². The minimum atomic E-state index is -3.20. The van der Waals surface area contributed by atoms with E-state index in [1.807, 2.05) is 0 Å². The molecule has 0 heterocycles. The van der Waals surface area contributed by atoms with Crippen molar-refractivity contribution in [3.63, 3.8) is 0 Å². The van der Waals surface area contributed by atoms with E-state index in [2.05, 4.69) is 0 Å². The van der Waals surface area contributed by atoms with E-state index in [9.17, 15) is 12.8 Å². The van der Waals surface area contributed by atoms with E-state index in [1.54, 1.807) is 19.1 Å². The van der Waals surface area contributed by atoms with Crippen LogP contribution >= 0.6 is 0 Å². The number of hydrogen-bond acceptors (Lipinski definition) is 2. The topological polar surface area (TPSA) is 34.1 Å². The van der Waals surface area contributed by atoms with E-state index >= 15 is 0 Å². The predicted molar refractivity (Wildman–Crippen MR) is 77.6 cm³/mol. The highest BCUT2D eigenvalue weighted by Crippen LogP contribution is 2.58. The lowest BCUT2D eigenvalue weighted by Crippen LogP contribution is -2.45. The van der Waals surface area contributed by atoms with Crippen LogP contribution in [0.3, 0.4) is 0 Å². The summed E-state index contributed by atoms with van der Waals surface area (Å²) in [6.07, 6.45) is 5.96. The SMILES string of the molecule is Cc1ccc(CS(=O)(=O)CC2CC3(CCC3)C2)c(F)c1. The Hall–Kier alpha value is -0.900. The first kappa shape index (κ1) is 14.1. The zero-order chi connectivity index (χ0) is 14.4. The van der Waals surface area contributed by atoms with Crippen molar-refractivity contribution in [2.75, 3.05) is 5.75 Å². The Morgan fingerprint density at radius 2 is 2.00 bits per heavy atom. The molecule has 0 radical (unpaired) electrons. The Morgan fingerprint density at radius 1 is 1.30 bits per heavy atom. The number of rotatable bonds is 4. The predicted octanol–water partition coefficient (Wildman–Crippen LogP) is 3.63. The quantitative estimate of drug-likeness (QED) is 0.850. The molecule has 2 fully saturated rings. The van der Waals surface area contributed by atoms with E-state index in [1.165, 1.54) is 25.3 Å². The van der Waals surface area contributed by atoms with Crippen LogP contribution in [0.2, 0.25) is 0 Å². The fourth-order valence-corrected chi connectivity index (χ4v) is 5.57. The normalized spacial score (nSPS) is 21.5. The van der Waals surface area contributed by atoms with E-state index in [0.29, 0.717) is 16.9 Å². The second kappa shape index (κ2) is 4.83. The third kappa shape index (κ3) is 2.76. The molecule has 1 spiro atoms. The molecule has 1 aromatic rings. The molecule has 3 rings (SSSR count). The first-order valence-corrected chi connectivity index (χ1v) is 9.15. The lowest BCUT2D eigenvalue weighted by molar-refractivity contribution is -0.0147. The fourth-order valence-electron chi connectivity index (χ4n) is 3.79. The maximum atomic E-state index is 13.7. The van der Waals surface area contributed by atoms with Crippen molar-refractivity contribution in [2.45, 2.75) is 44.8 Å². The van der Waals surface area contributed by atoms with Crippen molar-refractivity contribution in [1.29, 1.82) is 0 Å². The summed E-state index contributed by atoms with van der Waals surface area (Å²) in [5.41, 5.74) is 1.61. The number of sulfone groups is 1. The van der Waals surface area contributed by atoms with Gasteiger partial charge in [-0.15, -0.1) is 0 Å². The average Bonchev–Trinajstić information content (AvgIpc) is 2.24. The minimum Gasteiger partial charge on any atom is -0.228 e. The summed E-state index contributed by atoms with van der Waals surface area (Å²) in [6.45, 7) is 1.80. The van der Waals surface area contributed by atoms with Gasteiger partial charge < -0.3 is 0 Å². The molecular weight excluding hydrogens is 275 g/mol. The molecule has 0 amide bonds. The summed E-state index contributed by atoms with van der Waals surface area (Å²) in [4.78, 5) is 0. The van der Waals surface area contributed by atoms with Crippen molar-refractivity contribution in [1.82, 2.24) is 0 Å². The van der Waals surface area contributed by atoms with Crippen molar-refractivity contribution in [2.24, 2.45) is 11.3 Å². The molecule has 2 aliphatic rings. The Morgan fingerprint density at radius 3 is 2.55 bits per heavy atom. The van der Waals surface area contributed by atoms with Crippen molar-refractivity contribution < 1.29 is 12.8 Å². The molecule has 0 aliphatic heterocycles. The molecule has 2 saturated carbocycles. The van der Waals surface area contributed by atoms with Gasteiger partial charge in [-0.1, -0.05) is 18.6 Å². The summed E-state index contributed by atoms with van der Waals surface area (Å²) in [5, 5.41) is 0. The Balaban J connectivity index is 1.61. The molecular formula is C16H21FO2S. The molecule has 4 heteroatoms. The largest absolute Gasteiger partial charge is 0.228 e. The van der Waals surface area contributed by atoms with Gasteiger partial charge in [0, 0.05) is 5.56 Å². The first-order chi connectivity index (χ1) is 9.38. The first-order valence-electron chi connectivity index (χ1n) is 7.33. The summed E-state index contributed by atoms with van der Waals surface area (Å²) >= 11 is 0. The summed E-state index contributed by atoms with van der Waals surface area (Å²) in [6, 6.07) is 4.76. The van der Waals surface area contributed by atoms with Gasteiger partial charge in [-0.05, 0) is 55.6 Å². The van der Waals surface area contributed by atoms with E-state index in [0.717, 1.165) is 18.4 Å². The second-order valence-electron chi connectivity index (χ2n) is 6.78. The molecule has 0 saturated heterocycles. The van der Waals surface area contributed by atoms with Crippen LogP contribution in [0.1, 0.15) is 43.2 Å². The summed E-state index contributed by atoms with van der Waals surface area (Å²) in [5.74, 6) is -0.0449. The van der Waals surface area contributed by atoms with Crippen LogP contribution in [-0.4, -0.2) is 14.2 Å². The van der Waals surface area contributed by atoms with Crippen molar-refractivity contribution in [3.8, 4) is 0 Å². The van der Waals surface area contributed by atoms with Crippen LogP contribution in [-0.2, 0) is 15.6 Å². The van der Waals surface area contributed by atoms with Gasteiger partial charge in [-0.3, -0.25) is 0 Å². The van der Waals surface area contributed by atoms with Gasteiger partial charge in [-0.2, -0.15) is 0 Å². The lowest BCUT2D eigenvalue weighted by atomic mass is 9.52. The molecule has 1 aromatic carbocycles. The number of benzene rings is 1. The van der Waals surface area contributed by atoms with Gasteiger partial charge >= 0.3 is 0 Å². The van der Waals surface area contributed by atoms with Crippen LogP contribution in [0.25, 0.3) is 0 Å². The maximum Gasteiger partial charge on any atom is 0.154 e. The van der Waals surface area contributed by atoms with E-state index in [-0.39, 0.29) is 11.5 Å². The van der Waals surface area contributed by atoms with E-state index in [4.69, 9.17) is 0 Å². The molecule has 0 atom stereocenters. The summed E-state index contributed by atoms with van der Waals surface area (Å²) < 4.78 is 38.1. The number of aryl methyl sites for hydroxylation is 1. The third-order valence-corrected chi connectivity index (χ3v) is 6.66. The molecule has 0 N–H and O–H groups in total. The highest BCUT2D eigenvalue weighted by atomic mass is 32.2. The second-order valence-corrected chi connectivity index (χ2v) is 8.89. The van der Waals surface area contributed by atoms with Gasteiger partial charge in [0.05, 0.1) is 11.5 Å². The van der Waals surface area contributed by atoms with Crippen molar-refractivity contribution >= 4 is 9.84 Å². The standard InChI is InChI=1S/C16H21FO2S/c1-12-3-4-14(15(17)7-12)11-20(18,19)10-13-8-16(9-13)5-2-6-16/h3-4,7,13H,2,5-6,8-11H2,1H3. The number of hydrogen-bond donors (Lipinski definition) is 0. The Labute approximate surface area is 120 Å². The number of halogens is 1. The molecule has 20 heavy (non-hydrogen) atoms. The fraction of sp³-hybridized carbons (Fsp3) is 0.625. The van der Waals surface area contributed by atoms with Gasteiger partial charge in [0.25, 0.3) is 0 Å². The molecule has 0 aromatic heterocycles. The smallest absolute Gasteiger partial charge is 0.154 e. The van der Waals surface area contributed by atoms with Crippen LogP contribution in [0.15, 0.2) is 18.2 Å². The van der Waals surface area contributed by atoms with Crippen LogP contribution in [0.4, 0.5) is 4.39 Å².